The second-order valence-corrected chi connectivity index (χ2v) is 17.5. The van der Waals surface area contributed by atoms with Gasteiger partial charge in [-0.25, -0.2) is 19.0 Å². The Morgan fingerprint density at radius 3 is 1.38 bits per heavy atom. The maximum Gasteiger partial charge on any atom is 0.235 e. The van der Waals surface area contributed by atoms with Crippen LogP contribution in [0.5, 0.6) is 5.88 Å². The summed E-state index contributed by atoms with van der Waals surface area (Å²) < 4.78 is 9.78. The van der Waals surface area contributed by atoms with E-state index in [9.17, 15) is 0 Å². The number of aromatic nitrogens is 6. The molecule has 0 atom stereocenters. The second kappa shape index (κ2) is 16.2. The van der Waals surface area contributed by atoms with Gasteiger partial charge in [-0.15, -0.1) is 16.9 Å². The lowest BCUT2D eigenvalue weighted by Crippen LogP contribution is -2.43. The Balaban J connectivity index is 0.000000156. The summed E-state index contributed by atoms with van der Waals surface area (Å²) in [6.07, 6.45) is 8.73. The minimum Gasteiger partial charge on any atom is -0.477 e. The van der Waals surface area contributed by atoms with Crippen LogP contribution < -0.4 is 16.2 Å². The molecule has 0 amide bonds. The molecule has 10 heteroatoms. The molecule has 8 aromatic rings. The fourth-order valence-electron chi connectivity index (χ4n) is 8.69. The summed E-state index contributed by atoms with van der Waals surface area (Å²) in [7, 11) is 0. The fraction of sp³-hybridized carbons (Fsp3) is 0.294. The van der Waals surface area contributed by atoms with E-state index in [4.69, 9.17) is 36.4 Å². The average molecular weight is 827 g/mol. The summed E-state index contributed by atoms with van der Waals surface area (Å²) in [6, 6.07) is 38.0. The number of thioether (sulfide) groups is 1. The molecule has 61 heavy (non-hydrogen) atoms. The molecular weight excluding hydrogens is 773 g/mol. The van der Waals surface area contributed by atoms with Crippen LogP contribution in [0.4, 0.5) is 0 Å². The number of nitrogens with zero attached hydrogens (tertiary/aromatic N) is 6. The number of imidazole rings is 2. The lowest BCUT2D eigenvalue weighted by Gasteiger charge is -2.38. The SMILES string of the molecule is CCOc1nn2c(-c3ccccc3)c(-c3ccc(C4(N)CCC4)cc3)nc2c(C)c1C.CSc1nn2c(-c3ccccc3)c(-c3ccc(C4(N)CCC4)cc3)nc2c(C)c1C. The van der Waals surface area contributed by atoms with E-state index in [2.05, 4.69) is 112 Å². The topological polar surface area (TPSA) is 122 Å². The van der Waals surface area contributed by atoms with Gasteiger partial charge >= 0.3 is 0 Å². The zero-order chi connectivity index (χ0) is 42.5. The maximum absolute atomic E-state index is 6.53. The second-order valence-electron chi connectivity index (χ2n) is 16.7. The first kappa shape index (κ1) is 40.6. The van der Waals surface area contributed by atoms with Crippen molar-refractivity contribution in [2.24, 2.45) is 11.5 Å². The molecule has 0 aliphatic heterocycles. The van der Waals surface area contributed by atoms with E-state index in [0.29, 0.717) is 12.5 Å². The highest BCUT2D eigenvalue weighted by Gasteiger charge is 2.35. The van der Waals surface area contributed by atoms with Gasteiger partial charge in [0, 0.05) is 44.5 Å². The van der Waals surface area contributed by atoms with E-state index >= 15 is 0 Å². The minimum absolute atomic E-state index is 0.151. The first-order valence-corrected chi connectivity index (χ1v) is 22.6. The smallest absolute Gasteiger partial charge is 0.235 e. The number of aryl methyl sites for hydroxylation is 2. The summed E-state index contributed by atoms with van der Waals surface area (Å²) >= 11 is 1.67. The van der Waals surface area contributed by atoms with E-state index in [1.807, 2.05) is 47.1 Å². The summed E-state index contributed by atoms with van der Waals surface area (Å²) in [6.45, 7) is 10.9. The molecular formula is C51H54N8OS. The minimum atomic E-state index is -0.165. The number of fused-ring (bicyclic) bond motifs is 2. The quantitative estimate of drug-likeness (QED) is 0.138. The van der Waals surface area contributed by atoms with Crippen molar-refractivity contribution < 1.29 is 4.74 Å². The Hall–Kier alpha value is -5.81. The molecule has 4 aromatic carbocycles. The van der Waals surface area contributed by atoms with Crippen LogP contribution in [0.15, 0.2) is 114 Å². The normalized spacial score (nSPS) is 15.2. The average Bonchev–Trinajstić information content (AvgIpc) is 3.85. The summed E-state index contributed by atoms with van der Waals surface area (Å²) in [5.74, 6) is 0.652. The van der Waals surface area contributed by atoms with Crippen molar-refractivity contribution in [3.8, 4) is 50.9 Å². The van der Waals surface area contributed by atoms with Crippen LogP contribution in [-0.2, 0) is 11.1 Å². The molecule has 310 valence electrons. The lowest BCUT2D eigenvalue weighted by molar-refractivity contribution is 0.253. The first-order chi connectivity index (χ1) is 29.5. The number of hydrogen-bond donors (Lipinski definition) is 2. The maximum atomic E-state index is 6.53. The van der Waals surface area contributed by atoms with Crippen molar-refractivity contribution >= 4 is 23.1 Å². The van der Waals surface area contributed by atoms with Gasteiger partial charge in [0.05, 0.1) is 18.0 Å². The molecule has 2 saturated carbocycles. The third-order valence-electron chi connectivity index (χ3n) is 13.1. The molecule has 2 fully saturated rings. The van der Waals surface area contributed by atoms with Crippen LogP contribution >= 0.6 is 11.8 Å². The molecule has 0 radical (unpaired) electrons. The zero-order valence-electron chi connectivity index (χ0n) is 36.0. The Labute approximate surface area is 362 Å². The Bertz CT molecular complexity index is 2860. The third-order valence-corrected chi connectivity index (χ3v) is 13.8. The van der Waals surface area contributed by atoms with Crippen molar-refractivity contribution in [3.05, 3.63) is 143 Å². The van der Waals surface area contributed by atoms with E-state index in [0.717, 1.165) is 98.2 Å². The highest BCUT2D eigenvalue weighted by Crippen LogP contribution is 2.42. The predicted molar refractivity (Wildman–Crippen MR) is 249 cm³/mol. The molecule has 2 aliphatic carbocycles. The molecule has 4 heterocycles. The standard InChI is InChI=1S/C26H28N4O.C25H26N4S/c1-4-31-25-18(3)17(2)24-28-22(23(30(24)29-25)20-9-6-5-7-10-20)19-11-13-21(14-12-19)26(27)15-8-16-26;1-16-17(2)24(30-3)28-29-22(19-8-5-4-6-9-19)21(27-23(16)29)18-10-12-20(13-11-18)25(26)14-7-15-25/h5-7,9-14H,4,8,15-16,27H2,1-3H3;4-6,8-13H,7,14-15,26H2,1-3H3. The molecule has 4 aromatic heterocycles. The van der Waals surface area contributed by atoms with Gasteiger partial charge in [-0.3, -0.25) is 0 Å². The van der Waals surface area contributed by atoms with Crippen molar-refractivity contribution in [2.45, 2.75) is 89.2 Å². The Morgan fingerprint density at radius 1 is 0.557 bits per heavy atom. The number of nitrogens with two attached hydrogens (primary N) is 2. The van der Waals surface area contributed by atoms with Gasteiger partial charge in [0.1, 0.15) is 16.4 Å². The molecule has 0 saturated heterocycles. The van der Waals surface area contributed by atoms with Gasteiger partial charge in [0.2, 0.25) is 5.88 Å². The number of ether oxygens (including phenoxy) is 1. The summed E-state index contributed by atoms with van der Waals surface area (Å²) in [5.41, 5.74) is 29.6. The summed E-state index contributed by atoms with van der Waals surface area (Å²) in [5, 5.41) is 10.8. The van der Waals surface area contributed by atoms with Crippen molar-refractivity contribution in [2.75, 3.05) is 12.9 Å². The van der Waals surface area contributed by atoms with Gasteiger partial charge in [0.25, 0.3) is 0 Å². The number of rotatable bonds is 9. The van der Waals surface area contributed by atoms with E-state index in [1.54, 1.807) is 11.8 Å². The Kier molecular flexibility index (Phi) is 10.8. The van der Waals surface area contributed by atoms with Gasteiger partial charge in [-0.1, -0.05) is 109 Å². The van der Waals surface area contributed by atoms with Crippen LogP contribution in [0, 0.1) is 27.7 Å². The van der Waals surface area contributed by atoms with Crippen LogP contribution in [-0.4, -0.2) is 42.1 Å². The van der Waals surface area contributed by atoms with E-state index in [1.165, 1.54) is 35.1 Å². The van der Waals surface area contributed by atoms with Gasteiger partial charge in [-0.2, -0.15) is 5.10 Å². The van der Waals surface area contributed by atoms with Crippen molar-refractivity contribution in [3.63, 3.8) is 0 Å². The monoisotopic (exact) mass is 826 g/mol. The Morgan fingerprint density at radius 2 is 0.984 bits per heavy atom. The van der Waals surface area contributed by atoms with Crippen LogP contribution in [0.3, 0.4) is 0 Å². The zero-order valence-corrected chi connectivity index (χ0v) is 36.8. The van der Waals surface area contributed by atoms with Crippen LogP contribution in [0.1, 0.15) is 78.8 Å². The number of benzene rings is 4. The molecule has 9 nitrogen and oxygen atoms in total. The van der Waals surface area contributed by atoms with Crippen LogP contribution in [0.2, 0.25) is 0 Å². The van der Waals surface area contributed by atoms with Gasteiger partial charge in [-0.05, 0) is 102 Å². The fourth-order valence-corrected chi connectivity index (χ4v) is 9.31. The highest BCUT2D eigenvalue weighted by atomic mass is 32.2. The van der Waals surface area contributed by atoms with E-state index in [-0.39, 0.29) is 11.1 Å². The number of hydrogen-bond acceptors (Lipinski definition) is 8. The molecule has 0 spiro atoms. The van der Waals surface area contributed by atoms with Gasteiger partial charge < -0.3 is 16.2 Å². The molecule has 4 N–H and O–H groups in total. The highest BCUT2D eigenvalue weighted by molar-refractivity contribution is 7.98. The third kappa shape index (κ3) is 7.20. The molecule has 2 aliphatic rings. The van der Waals surface area contributed by atoms with Crippen molar-refractivity contribution in [1.29, 1.82) is 0 Å². The summed E-state index contributed by atoms with van der Waals surface area (Å²) in [4.78, 5) is 10.1. The van der Waals surface area contributed by atoms with E-state index < -0.39 is 0 Å². The van der Waals surface area contributed by atoms with Crippen molar-refractivity contribution in [1.82, 2.24) is 29.2 Å². The molecule has 10 rings (SSSR count). The largest absolute Gasteiger partial charge is 0.477 e. The van der Waals surface area contributed by atoms with Gasteiger partial charge in [0.15, 0.2) is 11.3 Å². The predicted octanol–water partition coefficient (Wildman–Crippen LogP) is 11.2. The lowest BCUT2D eigenvalue weighted by atomic mass is 9.72. The van der Waals surface area contributed by atoms with Crippen LogP contribution in [0.25, 0.3) is 56.3 Å². The molecule has 0 unspecified atom stereocenters. The first-order valence-electron chi connectivity index (χ1n) is 21.4. The molecule has 0 bridgehead atoms.